The Balaban J connectivity index is 2.11. The third-order valence-corrected chi connectivity index (χ3v) is 3.18. The van der Waals surface area contributed by atoms with Gasteiger partial charge in [0.25, 0.3) is 0 Å². The van der Waals surface area contributed by atoms with Crippen molar-refractivity contribution in [3.05, 3.63) is 71.8 Å². The van der Waals surface area contributed by atoms with Crippen LogP contribution >= 0.6 is 0 Å². The fourth-order valence-electron chi connectivity index (χ4n) is 2.28. The topological polar surface area (TPSA) is 35.2 Å². The van der Waals surface area contributed by atoms with E-state index in [1.165, 1.54) is 5.56 Å². The highest BCUT2D eigenvalue weighted by Gasteiger charge is 2.20. The molecule has 0 saturated heterocycles. The molecule has 0 spiro atoms. The lowest BCUT2D eigenvalue weighted by molar-refractivity contribution is 0.0433. The molecule has 0 aliphatic heterocycles. The monoisotopic (exact) mass is 255 g/mol. The molecule has 2 aromatic rings. The van der Waals surface area contributed by atoms with Crippen LogP contribution in [0.15, 0.2) is 60.7 Å². The highest BCUT2D eigenvalue weighted by atomic mass is 16.5. The van der Waals surface area contributed by atoms with Crippen LogP contribution in [0.1, 0.15) is 24.2 Å². The van der Waals surface area contributed by atoms with Crippen LogP contribution in [0.25, 0.3) is 0 Å². The summed E-state index contributed by atoms with van der Waals surface area (Å²) in [6, 6.07) is 20.5. The minimum Gasteiger partial charge on any atom is -0.372 e. The van der Waals surface area contributed by atoms with E-state index in [1.807, 2.05) is 43.3 Å². The maximum absolute atomic E-state index is 6.34. The van der Waals surface area contributed by atoms with E-state index in [9.17, 15) is 0 Å². The zero-order chi connectivity index (χ0) is 13.5. The van der Waals surface area contributed by atoms with Gasteiger partial charge in [-0.05, 0) is 24.5 Å². The Hall–Kier alpha value is -1.64. The molecule has 0 saturated carbocycles. The number of ether oxygens (including phenoxy) is 1. The first kappa shape index (κ1) is 13.8. The van der Waals surface area contributed by atoms with E-state index in [-0.39, 0.29) is 12.1 Å². The molecule has 2 nitrogen and oxygen atoms in total. The summed E-state index contributed by atoms with van der Waals surface area (Å²) in [6.07, 6.45) is 0.770. The van der Waals surface area contributed by atoms with Gasteiger partial charge in [-0.3, -0.25) is 0 Å². The van der Waals surface area contributed by atoms with E-state index in [0.29, 0.717) is 6.61 Å². The Morgan fingerprint density at radius 3 is 2.11 bits per heavy atom. The Bertz CT molecular complexity index is 469. The van der Waals surface area contributed by atoms with Crippen molar-refractivity contribution in [1.29, 1.82) is 0 Å². The van der Waals surface area contributed by atoms with Crippen molar-refractivity contribution in [2.45, 2.75) is 25.5 Å². The van der Waals surface area contributed by atoms with Crippen LogP contribution < -0.4 is 5.73 Å². The van der Waals surface area contributed by atoms with E-state index in [4.69, 9.17) is 10.5 Å². The molecular weight excluding hydrogens is 234 g/mol. The molecule has 0 radical (unpaired) electrons. The smallest absolute Gasteiger partial charge is 0.0978 e. The standard InChI is InChI=1S/C17H21NO/c1-2-19-17(15-11-7-4-8-12-15)16(18)13-14-9-5-3-6-10-14/h3-12,16-17H,2,13,18H2,1H3. The second-order valence-electron chi connectivity index (χ2n) is 4.64. The van der Waals surface area contributed by atoms with Crippen molar-refractivity contribution < 1.29 is 4.74 Å². The summed E-state index contributed by atoms with van der Waals surface area (Å²) in [4.78, 5) is 0. The van der Waals surface area contributed by atoms with E-state index < -0.39 is 0 Å². The molecule has 19 heavy (non-hydrogen) atoms. The molecule has 2 rings (SSSR count). The fourth-order valence-corrected chi connectivity index (χ4v) is 2.28. The highest BCUT2D eigenvalue weighted by molar-refractivity contribution is 5.22. The summed E-state index contributed by atoms with van der Waals surface area (Å²) >= 11 is 0. The molecule has 2 heteroatoms. The Morgan fingerprint density at radius 1 is 0.947 bits per heavy atom. The molecule has 0 bridgehead atoms. The summed E-state index contributed by atoms with van der Waals surface area (Å²) in [7, 11) is 0. The maximum Gasteiger partial charge on any atom is 0.0978 e. The van der Waals surface area contributed by atoms with Crippen LogP contribution in [0.3, 0.4) is 0 Å². The normalized spacial score (nSPS) is 14.0. The van der Waals surface area contributed by atoms with Crippen molar-refractivity contribution in [3.8, 4) is 0 Å². The SMILES string of the molecule is CCOC(c1ccccc1)C(N)Cc1ccccc1. The molecule has 2 aromatic carbocycles. The predicted molar refractivity (Wildman–Crippen MR) is 78.9 cm³/mol. The van der Waals surface area contributed by atoms with Crippen LogP contribution in [-0.2, 0) is 11.2 Å². The first-order valence-corrected chi connectivity index (χ1v) is 6.77. The Labute approximate surface area is 115 Å². The van der Waals surface area contributed by atoms with Gasteiger partial charge in [-0.2, -0.15) is 0 Å². The van der Waals surface area contributed by atoms with Gasteiger partial charge in [0.15, 0.2) is 0 Å². The maximum atomic E-state index is 6.34. The highest BCUT2D eigenvalue weighted by Crippen LogP contribution is 2.22. The lowest BCUT2D eigenvalue weighted by Crippen LogP contribution is -2.32. The van der Waals surface area contributed by atoms with Crippen molar-refractivity contribution in [1.82, 2.24) is 0 Å². The van der Waals surface area contributed by atoms with Crippen LogP contribution in [0.4, 0.5) is 0 Å². The van der Waals surface area contributed by atoms with Crippen LogP contribution in [0.5, 0.6) is 0 Å². The van der Waals surface area contributed by atoms with Crippen molar-refractivity contribution in [2.24, 2.45) is 5.73 Å². The first-order valence-electron chi connectivity index (χ1n) is 6.77. The summed E-state index contributed by atoms with van der Waals surface area (Å²) in [5.74, 6) is 0. The number of rotatable bonds is 6. The van der Waals surface area contributed by atoms with Gasteiger partial charge in [0.1, 0.15) is 0 Å². The number of hydrogen-bond donors (Lipinski definition) is 1. The molecule has 0 aliphatic carbocycles. The predicted octanol–water partition coefficient (Wildman–Crippen LogP) is 3.33. The quantitative estimate of drug-likeness (QED) is 0.859. The van der Waals surface area contributed by atoms with Crippen LogP contribution in [0, 0.1) is 0 Å². The van der Waals surface area contributed by atoms with Gasteiger partial charge < -0.3 is 10.5 Å². The summed E-state index contributed by atoms with van der Waals surface area (Å²) in [6.45, 7) is 2.67. The molecule has 100 valence electrons. The number of benzene rings is 2. The van der Waals surface area contributed by atoms with E-state index >= 15 is 0 Å². The van der Waals surface area contributed by atoms with Gasteiger partial charge in [-0.1, -0.05) is 60.7 Å². The average Bonchev–Trinajstić information content (AvgIpc) is 2.46. The van der Waals surface area contributed by atoms with Gasteiger partial charge >= 0.3 is 0 Å². The van der Waals surface area contributed by atoms with Crippen LogP contribution in [0.2, 0.25) is 0 Å². The largest absolute Gasteiger partial charge is 0.372 e. The average molecular weight is 255 g/mol. The molecule has 0 heterocycles. The minimum absolute atomic E-state index is 0.0373. The molecule has 2 unspecified atom stereocenters. The van der Waals surface area contributed by atoms with E-state index in [2.05, 4.69) is 24.3 Å². The molecule has 0 amide bonds. The Kier molecular flexibility index (Phi) is 5.13. The minimum atomic E-state index is -0.0496. The lowest BCUT2D eigenvalue weighted by Gasteiger charge is -2.24. The lowest BCUT2D eigenvalue weighted by atomic mass is 9.97. The van der Waals surface area contributed by atoms with E-state index in [0.717, 1.165) is 12.0 Å². The summed E-state index contributed by atoms with van der Waals surface area (Å²) in [5.41, 5.74) is 8.74. The number of nitrogens with two attached hydrogens (primary N) is 1. The van der Waals surface area contributed by atoms with Crippen LogP contribution in [-0.4, -0.2) is 12.6 Å². The van der Waals surface area contributed by atoms with E-state index in [1.54, 1.807) is 0 Å². The third-order valence-electron chi connectivity index (χ3n) is 3.18. The van der Waals surface area contributed by atoms with Crippen molar-refractivity contribution in [3.63, 3.8) is 0 Å². The van der Waals surface area contributed by atoms with Gasteiger partial charge in [0.2, 0.25) is 0 Å². The molecule has 2 atom stereocenters. The second kappa shape index (κ2) is 7.07. The molecule has 0 fully saturated rings. The molecule has 0 aliphatic rings. The third kappa shape index (κ3) is 3.91. The molecule has 0 aromatic heterocycles. The van der Waals surface area contributed by atoms with Gasteiger partial charge in [-0.25, -0.2) is 0 Å². The Morgan fingerprint density at radius 2 is 1.53 bits per heavy atom. The second-order valence-corrected chi connectivity index (χ2v) is 4.64. The van der Waals surface area contributed by atoms with Gasteiger partial charge in [0.05, 0.1) is 6.10 Å². The zero-order valence-electron chi connectivity index (χ0n) is 11.3. The van der Waals surface area contributed by atoms with Gasteiger partial charge in [0, 0.05) is 12.6 Å². The fraction of sp³-hybridized carbons (Fsp3) is 0.294. The van der Waals surface area contributed by atoms with Crippen molar-refractivity contribution >= 4 is 0 Å². The summed E-state index contributed by atoms with van der Waals surface area (Å²) in [5, 5.41) is 0. The first-order chi connectivity index (χ1) is 9.31. The van der Waals surface area contributed by atoms with Crippen molar-refractivity contribution in [2.75, 3.05) is 6.61 Å². The number of hydrogen-bond acceptors (Lipinski definition) is 2. The molecular formula is C17H21NO. The summed E-state index contributed by atoms with van der Waals surface area (Å²) < 4.78 is 5.84. The zero-order valence-corrected chi connectivity index (χ0v) is 11.3. The molecule has 2 N–H and O–H groups in total. The van der Waals surface area contributed by atoms with Gasteiger partial charge in [-0.15, -0.1) is 0 Å².